The smallest absolute Gasteiger partial charge is 0.323 e. The molecule has 1 fully saturated rings. The number of nitrogen functional groups attached to an aromatic ring is 1. The predicted octanol–water partition coefficient (Wildman–Crippen LogP) is 1.93. The van der Waals surface area contributed by atoms with Crippen molar-refractivity contribution in [3.63, 3.8) is 0 Å². The van der Waals surface area contributed by atoms with Gasteiger partial charge in [0.1, 0.15) is 0 Å². The van der Waals surface area contributed by atoms with Crippen LogP contribution in [0.5, 0.6) is 6.01 Å². The molecule has 1 aliphatic carbocycles. The highest BCUT2D eigenvalue weighted by Gasteiger charge is 2.31. The van der Waals surface area contributed by atoms with E-state index in [-0.39, 0.29) is 12.1 Å². The summed E-state index contributed by atoms with van der Waals surface area (Å²) in [6.45, 7) is 8.41. The molecule has 1 heterocycles. The minimum Gasteiger partial charge on any atom is -0.461 e. The first-order valence-corrected chi connectivity index (χ1v) is 7.04. The Hall–Kier alpha value is -1.63. The van der Waals surface area contributed by atoms with Gasteiger partial charge in [-0.15, -0.1) is 0 Å². The minimum atomic E-state index is 0.00119. The molecule has 1 aromatic rings. The minimum absolute atomic E-state index is 0.00119. The van der Waals surface area contributed by atoms with Gasteiger partial charge in [0, 0.05) is 6.04 Å². The van der Waals surface area contributed by atoms with E-state index in [0.29, 0.717) is 23.4 Å². The first-order valence-electron chi connectivity index (χ1n) is 7.04. The molecule has 20 heavy (non-hydrogen) atoms. The molecular weight excluding hydrogens is 256 g/mol. The molecule has 7 nitrogen and oxygen atoms in total. The summed E-state index contributed by atoms with van der Waals surface area (Å²) in [6.07, 6.45) is 3.42. The Morgan fingerprint density at radius 3 is 2.50 bits per heavy atom. The Bertz CT molecular complexity index is 462. The van der Waals surface area contributed by atoms with Gasteiger partial charge in [-0.2, -0.15) is 15.0 Å². The van der Waals surface area contributed by atoms with Gasteiger partial charge in [-0.3, -0.25) is 5.43 Å². The molecule has 0 aromatic carbocycles. The van der Waals surface area contributed by atoms with E-state index in [0.717, 1.165) is 12.8 Å². The maximum absolute atomic E-state index is 5.50. The lowest BCUT2D eigenvalue weighted by molar-refractivity contribution is 0.222. The maximum Gasteiger partial charge on any atom is 0.323 e. The summed E-state index contributed by atoms with van der Waals surface area (Å²) in [5.74, 6) is 6.19. The van der Waals surface area contributed by atoms with Gasteiger partial charge in [0.15, 0.2) is 0 Å². The second kappa shape index (κ2) is 5.78. The molecule has 112 valence electrons. The molecule has 1 aliphatic rings. The van der Waals surface area contributed by atoms with E-state index in [9.17, 15) is 0 Å². The quantitative estimate of drug-likeness (QED) is 0.560. The summed E-state index contributed by atoms with van der Waals surface area (Å²) >= 11 is 0. The number of hydrazine groups is 1. The molecule has 4 N–H and O–H groups in total. The molecule has 0 radical (unpaired) electrons. The fraction of sp³-hybridized carbons (Fsp3) is 0.769. The Balaban J connectivity index is 2.10. The Morgan fingerprint density at radius 2 is 1.95 bits per heavy atom. The molecule has 1 saturated carbocycles. The molecule has 1 unspecified atom stereocenters. The third-order valence-electron chi connectivity index (χ3n) is 3.39. The number of ether oxygens (including phenoxy) is 1. The molecule has 0 bridgehead atoms. The fourth-order valence-electron chi connectivity index (χ4n) is 2.49. The number of nitrogens with two attached hydrogens (primary N) is 1. The van der Waals surface area contributed by atoms with Crippen LogP contribution in [-0.2, 0) is 0 Å². The van der Waals surface area contributed by atoms with Crippen molar-refractivity contribution in [3.05, 3.63) is 0 Å². The Morgan fingerprint density at radius 1 is 1.25 bits per heavy atom. The number of hydrogen-bond donors (Lipinski definition) is 3. The lowest BCUT2D eigenvalue weighted by Gasteiger charge is -2.18. The Kier molecular flexibility index (Phi) is 4.27. The van der Waals surface area contributed by atoms with Crippen LogP contribution in [-0.4, -0.2) is 27.1 Å². The molecular formula is C13H24N6O. The van der Waals surface area contributed by atoms with Crippen LogP contribution in [0.4, 0.5) is 11.9 Å². The molecule has 1 aromatic heterocycles. The summed E-state index contributed by atoms with van der Waals surface area (Å²) in [7, 11) is 0. The summed E-state index contributed by atoms with van der Waals surface area (Å²) in [6, 6.07) is 0.660. The van der Waals surface area contributed by atoms with Crippen molar-refractivity contribution in [1.29, 1.82) is 0 Å². The summed E-state index contributed by atoms with van der Waals surface area (Å²) in [5, 5.41) is 3.35. The second-order valence-corrected chi connectivity index (χ2v) is 6.32. The van der Waals surface area contributed by atoms with Gasteiger partial charge in [0.2, 0.25) is 11.9 Å². The van der Waals surface area contributed by atoms with Gasteiger partial charge in [0.25, 0.3) is 0 Å². The van der Waals surface area contributed by atoms with E-state index < -0.39 is 0 Å². The van der Waals surface area contributed by atoms with Gasteiger partial charge < -0.3 is 10.1 Å². The average Bonchev–Trinajstić information content (AvgIpc) is 2.67. The topological polar surface area (TPSA) is 98.0 Å². The van der Waals surface area contributed by atoms with E-state index in [1.54, 1.807) is 0 Å². The van der Waals surface area contributed by atoms with Crippen LogP contribution in [0.25, 0.3) is 0 Å². The number of nitrogens with one attached hydrogen (secondary N) is 2. The molecule has 7 heteroatoms. The lowest BCUT2D eigenvalue weighted by atomic mass is 9.92. The van der Waals surface area contributed by atoms with Crippen molar-refractivity contribution in [2.45, 2.75) is 59.1 Å². The van der Waals surface area contributed by atoms with Crippen LogP contribution in [0.1, 0.15) is 47.0 Å². The molecule has 0 saturated heterocycles. The highest BCUT2D eigenvalue weighted by molar-refractivity contribution is 5.36. The molecule has 1 atom stereocenters. The highest BCUT2D eigenvalue weighted by atomic mass is 16.5. The van der Waals surface area contributed by atoms with Gasteiger partial charge in [-0.05, 0) is 38.5 Å². The summed E-state index contributed by atoms with van der Waals surface area (Å²) < 4.78 is 5.50. The molecule has 2 rings (SSSR count). The van der Waals surface area contributed by atoms with Crippen molar-refractivity contribution < 1.29 is 4.74 Å². The highest BCUT2D eigenvalue weighted by Crippen LogP contribution is 2.38. The second-order valence-electron chi connectivity index (χ2n) is 6.32. The third-order valence-corrected chi connectivity index (χ3v) is 3.39. The van der Waals surface area contributed by atoms with E-state index in [1.807, 2.05) is 13.8 Å². The van der Waals surface area contributed by atoms with Crippen LogP contribution in [0.2, 0.25) is 0 Å². The standard InChI is InChI=1S/C13H24N6O/c1-8(2)20-12-17-10(16-11(18-12)19-14)15-9-5-6-13(3,4)7-9/h8-9H,5-7,14H2,1-4H3,(H2,15,16,17,18,19). The van der Waals surface area contributed by atoms with E-state index in [1.165, 1.54) is 6.42 Å². The lowest BCUT2D eigenvalue weighted by Crippen LogP contribution is -2.21. The first-order chi connectivity index (χ1) is 9.38. The number of aromatic nitrogens is 3. The average molecular weight is 280 g/mol. The van der Waals surface area contributed by atoms with Crippen LogP contribution >= 0.6 is 0 Å². The van der Waals surface area contributed by atoms with Gasteiger partial charge in [-0.25, -0.2) is 5.84 Å². The molecule has 0 amide bonds. The summed E-state index contributed by atoms with van der Waals surface area (Å²) in [5.41, 5.74) is 2.81. The molecule has 0 spiro atoms. The van der Waals surface area contributed by atoms with E-state index >= 15 is 0 Å². The number of anilines is 2. The van der Waals surface area contributed by atoms with Crippen molar-refractivity contribution in [2.75, 3.05) is 10.7 Å². The maximum atomic E-state index is 5.50. The van der Waals surface area contributed by atoms with Crippen molar-refractivity contribution in [1.82, 2.24) is 15.0 Å². The summed E-state index contributed by atoms with van der Waals surface area (Å²) in [4.78, 5) is 12.6. The van der Waals surface area contributed by atoms with Crippen molar-refractivity contribution >= 4 is 11.9 Å². The number of hydrogen-bond acceptors (Lipinski definition) is 7. The Labute approximate surface area is 119 Å². The van der Waals surface area contributed by atoms with Gasteiger partial charge in [0.05, 0.1) is 6.10 Å². The number of nitrogens with zero attached hydrogens (tertiary/aromatic N) is 3. The largest absolute Gasteiger partial charge is 0.461 e. The van der Waals surface area contributed by atoms with Crippen LogP contribution in [0.3, 0.4) is 0 Å². The van der Waals surface area contributed by atoms with Crippen molar-refractivity contribution in [2.24, 2.45) is 11.3 Å². The first kappa shape index (κ1) is 14.8. The van der Waals surface area contributed by atoms with Gasteiger partial charge >= 0.3 is 6.01 Å². The van der Waals surface area contributed by atoms with Crippen LogP contribution < -0.4 is 21.3 Å². The SMILES string of the molecule is CC(C)Oc1nc(NN)nc(NC2CCC(C)(C)C2)n1. The van der Waals surface area contributed by atoms with E-state index in [2.05, 4.69) is 39.5 Å². The normalized spacial score (nSPS) is 21.0. The monoisotopic (exact) mass is 280 g/mol. The zero-order chi connectivity index (χ0) is 14.8. The predicted molar refractivity (Wildman–Crippen MR) is 78.4 cm³/mol. The van der Waals surface area contributed by atoms with Crippen LogP contribution in [0.15, 0.2) is 0 Å². The number of rotatable bonds is 5. The van der Waals surface area contributed by atoms with Crippen LogP contribution in [0, 0.1) is 5.41 Å². The zero-order valence-corrected chi connectivity index (χ0v) is 12.6. The third kappa shape index (κ3) is 3.93. The fourth-order valence-corrected chi connectivity index (χ4v) is 2.49. The van der Waals surface area contributed by atoms with Gasteiger partial charge in [-0.1, -0.05) is 13.8 Å². The van der Waals surface area contributed by atoms with Crippen molar-refractivity contribution in [3.8, 4) is 6.01 Å². The van der Waals surface area contributed by atoms with E-state index in [4.69, 9.17) is 10.6 Å². The molecule has 0 aliphatic heterocycles. The zero-order valence-electron chi connectivity index (χ0n) is 12.6.